The minimum absolute atomic E-state index is 1.25. The molecule has 0 aliphatic carbocycles. The van der Waals surface area contributed by atoms with Gasteiger partial charge in [-0.15, -0.1) is 0 Å². The van der Waals surface area contributed by atoms with Crippen molar-refractivity contribution in [1.82, 2.24) is 0 Å². The van der Waals surface area contributed by atoms with E-state index >= 15 is 0 Å². The normalized spacial score (nSPS) is 7.50. The van der Waals surface area contributed by atoms with Crippen LogP contribution < -0.4 is 0 Å². The summed E-state index contributed by atoms with van der Waals surface area (Å²) in [6.45, 7) is 0. The molecule has 0 aromatic carbocycles. The fourth-order valence-corrected chi connectivity index (χ4v) is 0. The van der Waals surface area contributed by atoms with Gasteiger partial charge in [0.25, 0.3) is 0 Å². The Balaban J connectivity index is 1.97. The molecule has 0 N–H and O–H groups in total. The van der Waals surface area contributed by atoms with Crippen LogP contribution in [-0.2, 0) is 0 Å². The van der Waals surface area contributed by atoms with Gasteiger partial charge in [0.05, 0.1) is 0 Å². The first-order valence-electron chi connectivity index (χ1n) is 0.729. The quantitative estimate of drug-likeness (QED) is 0.479. The molecule has 0 nitrogen and oxygen atoms in total. The van der Waals surface area contributed by atoms with Gasteiger partial charge in [-0.2, -0.15) is 0 Å². The van der Waals surface area contributed by atoms with Crippen LogP contribution in [0.2, 0.25) is 0 Å². The van der Waals surface area contributed by atoms with Crippen molar-refractivity contribution in [2.24, 2.45) is 0 Å². The molecule has 0 atom stereocenters. The molecule has 26 valence electrons. The maximum atomic E-state index is 5.07. The molecule has 3 heteroatoms. The monoisotopic (exact) mass is 114 g/mol. The van der Waals surface area contributed by atoms with Crippen molar-refractivity contribution in [3.05, 3.63) is 0 Å². The van der Waals surface area contributed by atoms with Crippen LogP contribution in [0.4, 0.5) is 0 Å². The summed E-state index contributed by atoms with van der Waals surface area (Å²) in [6.07, 6.45) is 1.93. The zero-order valence-corrected chi connectivity index (χ0v) is 4.58. The Morgan fingerprint density at radius 2 is 2.00 bits per heavy atom. The Bertz CT molecular complexity index is 8.00. The molecular weight excluding hydrogens is 112 g/mol. The lowest BCUT2D eigenvalue weighted by atomic mass is 12.0. The van der Waals surface area contributed by atoms with E-state index in [1.165, 1.54) is 20.8 Å². The van der Waals surface area contributed by atoms with Gasteiger partial charge in [-0.05, 0) is 16.9 Å². The lowest BCUT2D eigenvalue weighted by Gasteiger charge is -1.65. The average molecular weight is 115 g/mol. The minimum atomic E-state index is 1.25. The summed E-state index contributed by atoms with van der Waals surface area (Å²) >= 11 is 0. The van der Waals surface area contributed by atoms with Crippen LogP contribution in [0.1, 0.15) is 0 Å². The van der Waals surface area contributed by atoms with Crippen molar-refractivity contribution >= 4 is 31.5 Å². The number of halogens is 1. The van der Waals surface area contributed by atoms with E-state index in [1.807, 2.05) is 6.26 Å². The van der Waals surface area contributed by atoms with E-state index in [-0.39, 0.29) is 0 Å². The van der Waals surface area contributed by atoms with Crippen molar-refractivity contribution in [3.8, 4) is 0 Å². The van der Waals surface area contributed by atoms with E-state index in [2.05, 4.69) is 0 Å². The van der Waals surface area contributed by atoms with Gasteiger partial charge in [0.2, 0.25) is 0 Å². The maximum Gasteiger partial charge on any atom is 0.0134 e. The van der Waals surface area contributed by atoms with Gasteiger partial charge in [0.1, 0.15) is 0 Å². The molecule has 0 amide bonds. The largest absolute Gasteiger partial charge is 0.0808 e. The summed E-state index contributed by atoms with van der Waals surface area (Å²) in [4.78, 5) is 0. The fourth-order valence-electron chi connectivity index (χ4n) is 0. The van der Waals surface area contributed by atoms with Crippen LogP contribution in [0, 0.1) is 0 Å². The molecule has 0 spiro atoms. The van der Waals surface area contributed by atoms with Crippen molar-refractivity contribution in [1.29, 1.82) is 0 Å². The van der Waals surface area contributed by atoms with E-state index in [1.54, 1.807) is 0 Å². The number of hydrogen-bond acceptors (Lipinski definition) is 2. The maximum absolute atomic E-state index is 5.07. The zero-order valence-electron chi connectivity index (χ0n) is 2.19. The standard InChI is InChI=1S/CH3ClS2/c1-3-4-2/h1H3. The summed E-state index contributed by atoms with van der Waals surface area (Å²) in [5.74, 6) is 0. The Kier molecular flexibility index (Phi) is 4.98. The highest BCUT2D eigenvalue weighted by Crippen LogP contribution is 2.20. The molecule has 0 radical (unpaired) electrons. The SMILES string of the molecule is CSSCl. The second-order valence-corrected chi connectivity index (χ2v) is 3.20. The summed E-state index contributed by atoms with van der Waals surface area (Å²) in [6, 6.07) is 0. The predicted molar refractivity (Wildman–Crippen MR) is 27.0 cm³/mol. The van der Waals surface area contributed by atoms with Crippen LogP contribution in [0.3, 0.4) is 0 Å². The molecule has 0 bridgehead atoms. The van der Waals surface area contributed by atoms with E-state index in [9.17, 15) is 0 Å². The van der Waals surface area contributed by atoms with Crippen molar-refractivity contribution in [3.63, 3.8) is 0 Å². The van der Waals surface area contributed by atoms with Crippen molar-refractivity contribution < 1.29 is 0 Å². The van der Waals surface area contributed by atoms with Crippen LogP contribution in [0.25, 0.3) is 0 Å². The Morgan fingerprint density at radius 3 is 2.00 bits per heavy atom. The Morgan fingerprint density at radius 1 is 1.75 bits per heavy atom. The molecule has 0 heterocycles. The third-order valence-electron chi connectivity index (χ3n) is 0.0630. The third kappa shape index (κ3) is 2.99. The van der Waals surface area contributed by atoms with Crippen LogP contribution >= 0.6 is 31.5 Å². The van der Waals surface area contributed by atoms with Gasteiger partial charge in [0.15, 0.2) is 0 Å². The zero-order chi connectivity index (χ0) is 3.41. The Labute approximate surface area is 38.2 Å². The van der Waals surface area contributed by atoms with Gasteiger partial charge in [-0.25, -0.2) is 0 Å². The van der Waals surface area contributed by atoms with Crippen LogP contribution in [0.5, 0.6) is 0 Å². The Hall–Kier alpha value is 0.990. The van der Waals surface area contributed by atoms with Crippen molar-refractivity contribution in [2.45, 2.75) is 0 Å². The first-order valence-corrected chi connectivity index (χ1v) is 4.11. The summed E-state index contributed by atoms with van der Waals surface area (Å²) < 4.78 is 0. The molecular formula is CH3ClS2. The highest BCUT2D eigenvalue weighted by atomic mass is 35.7. The number of rotatable bonds is 1. The molecule has 0 aromatic heterocycles. The molecule has 0 rings (SSSR count). The molecule has 0 fully saturated rings. The van der Waals surface area contributed by atoms with E-state index < -0.39 is 0 Å². The van der Waals surface area contributed by atoms with Gasteiger partial charge in [-0.1, -0.05) is 10.8 Å². The predicted octanol–water partition coefficient (Wildman–Crippen LogP) is 2.15. The highest BCUT2D eigenvalue weighted by Gasteiger charge is 1.59. The van der Waals surface area contributed by atoms with Crippen LogP contribution in [0.15, 0.2) is 0 Å². The van der Waals surface area contributed by atoms with E-state index in [0.717, 1.165) is 0 Å². The van der Waals surface area contributed by atoms with E-state index in [4.69, 9.17) is 10.7 Å². The molecule has 0 saturated carbocycles. The third-order valence-corrected chi connectivity index (χ3v) is 1.70. The van der Waals surface area contributed by atoms with Crippen molar-refractivity contribution in [2.75, 3.05) is 6.26 Å². The second kappa shape index (κ2) is 3.99. The fraction of sp³-hybridized carbons (Fsp3) is 1.00. The number of hydrogen-bond donors (Lipinski definition) is 0. The topological polar surface area (TPSA) is 0 Å². The first-order chi connectivity index (χ1) is 1.91. The highest BCUT2D eigenvalue weighted by molar-refractivity contribution is 8.84. The molecule has 0 aliphatic heterocycles. The smallest absolute Gasteiger partial charge is 0.0134 e. The van der Waals surface area contributed by atoms with Gasteiger partial charge in [-0.3, -0.25) is 0 Å². The van der Waals surface area contributed by atoms with Gasteiger partial charge in [0, 0.05) is 10.0 Å². The van der Waals surface area contributed by atoms with Gasteiger partial charge >= 0.3 is 0 Å². The van der Waals surface area contributed by atoms with Crippen LogP contribution in [-0.4, -0.2) is 6.26 Å². The summed E-state index contributed by atoms with van der Waals surface area (Å²) in [7, 11) is 7.85. The molecule has 0 aromatic rings. The minimum Gasteiger partial charge on any atom is -0.0808 e. The lowest BCUT2D eigenvalue weighted by Crippen LogP contribution is -1.17. The molecule has 0 unspecified atom stereocenters. The molecule has 4 heavy (non-hydrogen) atoms. The first kappa shape index (κ1) is 4.99. The lowest BCUT2D eigenvalue weighted by molar-refractivity contribution is 2.55. The summed E-state index contributed by atoms with van der Waals surface area (Å²) in [5, 5.41) is 0. The molecule has 0 aliphatic rings. The van der Waals surface area contributed by atoms with E-state index in [0.29, 0.717) is 0 Å². The van der Waals surface area contributed by atoms with Gasteiger partial charge < -0.3 is 0 Å². The average Bonchev–Trinajstić information content (AvgIpc) is 1.37. The molecule has 0 saturated heterocycles. The summed E-state index contributed by atoms with van der Waals surface area (Å²) in [5.41, 5.74) is 0. The second-order valence-electron chi connectivity index (χ2n) is 0.230.